The number of rotatable bonds is 2. The van der Waals surface area contributed by atoms with Crippen LogP contribution in [0.3, 0.4) is 0 Å². The highest BCUT2D eigenvalue weighted by atomic mass is 32.1. The lowest BCUT2D eigenvalue weighted by atomic mass is 10.0. The monoisotopic (exact) mass is 439 g/mol. The summed E-state index contributed by atoms with van der Waals surface area (Å²) >= 11 is 1.82. The fourth-order valence-electron chi connectivity index (χ4n) is 4.47. The molecule has 4 heteroatoms. The van der Waals surface area contributed by atoms with Crippen LogP contribution < -0.4 is 0 Å². The Bertz CT molecular complexity index is 1830. The summed E-state index contributed by atoms with van der Waals surface area (Å²) in [6.07, 6.45) is 0. The van der Waals surface area contributed by atoms with Crippen molar-refractivity contribution in [2.24, 2.45) is 0 Å². The van der Waals surface area contributed by atoms with Crippen molar-refractivity contribution in [3.8, 4) is 22.8 Å². The molecule has 0 radical (unpaired) electrons. The number of para-hydroxylation sites is 2. The molecule has 154 valence electrons. The maximum Gasteiger partial charge on any atom is 0.179 e. The molecule has 0 unspecified atom stereocenters. The van der Waals surface area contributed by atoms with E-state index >= 15 is 0 Å². The highest BCUT2D eigenvalue weighted by molar-refractivity contribution is 7.25. The maximum atomic E-state index is 5.04. The largest absolute Gasteiger partial charge is 0.244 e. The van der Waals surface area contributed by atoms with Crippen LogP contribution in [0.15, 0.2) is 103 Å². The first-order valence-electron chi connectivity index (χ1n) is 10.9. The van der Waals surface area contributed by atoms with Crippen molar-refractivity contribution >= 4 is 53.3 Å². The maximum absolute atomic E-state index is 5.04. The van der Waals surface area contributed by atoms with Crippen molar-refractivity contribution in [2.75, 3.05) is 0 Å². The third-order valence-electron chi connectivity index (χ3n) is 6.08. The molecule has 0 aliphatic carbocycles. The zero-order valence-corrected chi connectivity index (χ0v) is 18.4. The number of pyridine rings is 1. The summed E-state index contributed by atoms with van der Waals surface area (Å²) in [5.41, 5.74) is 4.67. The molecule has 0 aliphatic rings. The van der Waals surface area contributed by atoms with Crippen molar-refractivity contribution in [3.63, 3.8) is 0 Å². The Labute approximate surface area is 194 Å². The van der Waals surface area contributed by atoms with Gasteiger partial charge in [-0.05, 0) is 30.3 Å². The summed E-state index contributed by atoms with van der Waals surface area (Å²) in [6.45, 7) is 0. The van der Waals surface area contributed by atoms with E-state index in [1.807, 2.05) is 53.8 Å². The Hall–Kier alpha value is -4.15. The van der Waals surface area contributed by atoms with Gasteiger partial charge in [0, 0.05) is 36.5 Å². The lowest BCUT2D eigenvalue weighted by Gasteiger charge is -2.10. The lowest BCUT2D eigenvalue weighted by molar-refractivity contribution is 1.19. The van der Waals surface area contributed by atoms with E-state index in [1.165, 1.54) is 20.2 Å². The number of hydrogen-bond donors (Lipinski definition) is 0. The Kier molecular flexibility index (Phi) is 4.01. The van der Waals surface area contributed by atoms with Crippen molar-refractivity contribution in [1.82, 2.24) is 15.0 Å². The van der Waals surface area contributed by atoms with E-state index in [-0.39, 0.29) is 0 Å². The van der Waals surface area contributed by atoms with Gasteiger partial charge in [-0.1, -0.05) is 72.8 Å². The molecule has 7 rings (SSSR count). The molecule has 0 amide bonds. The predicted molar refractivity (Wildman–Crippen MR) is 139 cm³/mol. The quantitative estimate of drug-likeness (QED) is 0.275. The minimum absolute atomic E-state index is 0.644. The van der Waals surface area contributed by atoms with Gasteiger partial charge in [-0.2, -0.15) is 0 Å². The molecule has 0 aliphatic heterocycles. The first kappa shape index (κ1) is 18.4. The molecule has 0 fully saturated rings. The van der Waals surface area contributed by atoms with E-state index in [4.69, 9.17) is 15.0 Å². The minimum Gasteiger partial charge on any atom is -0.244 e. The first-order valence-corrected chi connectivity index (χ1v) is 11.7. The van der Waals surface area contributed by atoms with Crippen molar-refractivity contribution < 1.29 is 0 Å². The molecule has 0 spiro atoms. The summed E-state index contributed by atoms with van der Waals surface area (Å²) in [5.74, 6) is 0.644. The second kappa shape index (κ2) is 7.19. The van der Waals surface area contributed by atoms with E-state index in [0.717, 1.165) is 38.8 Å². The number of aromatic nitrogens is 3. The van der Waals surface area contributed by atoms with E-state index in [1.54, 1.807) is 0 Å². The van der Waals surface area contributed by atoms with Gasteiger partial charge in [-0.15, -0.1) is 11.3 Å². The van der Waals surface area contributed by atoms with Crippen LogP contribution in [-0.4, -0.2) is 15.0 Å². The van der Waals surface area contributed by atoms with Crippen molar-refractivity contribution in [3.05, 3.63) is 103 Å². The molecule has 0 atom stereocenters. The van der Waals surface area contributed by atoms with Crippen LogP contribution in [0.1, 0.15) is 0 Å². The molecular weight excluding hydrogens is 422 g/mol. The molecular formula is C29H17N3S. The topological polar surface area (TPSA) is 38.7 Å². The lowest BCUT2D eigenvalue weighted by Crippen LogP contribution is -1.97. The Morgan fingerprint density at radius 2 is 1.27 bits per heavy atom. The molecule has 3 nitrogen and oxygen atoms in total. The third kappa shape index (κ3) is 2.99. The molecule has 33 heavy (non-hydrogen) atoms. The van der Waals surface area contributed by atoms with Gasteiger partial charge >= 0.3 is 0 Å². The second-order valence-electron chi connectivity index (χ2n) is 8.11. The molecule has 0 saturated carbocycles. The smallest absolute Gasteiger partial charge is 0.179 e. The van der Waals surface area contributed by atoms with E-state index < -0.39 is 0 Å². The van der Waals surface area contributed by atoms with E-state index in [9.17, 15) is 0 Å². The van der Waals surface area contributed by atoms with E-state index in [0.29, 0.717) is 5.82 Å². The van der Waals surface area contributed by atoms with Crippen LogP contribution in [-0.2, 0) is 0 Å². The Morgan fingerprint density at radius 3 is 2.21 bits per heavy atom. The number of hydrogen-bond acceptors (Lipinski definition) is 4. The average Bonchev–Trinajstić information content (AvgIpc) is 3.25. The zero-order valence-electron chi connectivity index (χ0n) is 17.6. The number of thiophene rings is 1. The van der Waals surface area contributed by atoms with Crippen LogP contribution in [0.5, 0.6) is 0 Å². The minimum atomic E-state index is 0.644. The van der Waals surface area contributed by atoms with Crippen LogP contribution >= 0.6 is 11.3 Å². The fraction of sp³-hybridized carbons (Fsp3) is 0. The van der Waals surface area contributed by atoms with Gasteiger partial charge in [0.05, 0.1) is 16.7 Å². The van der Waals surface area contributed by atoms with Gasteiger partial charge in [0.1, 0.15) is 5.69 Å². The first-order chi connectivity index (χ1) is 16.3. The van der Waals surface area contributed by atoms with E-state index in [2.05, 4.69) is 60.7 Å². The van der Waals surface area contributed by atoms with Crippen LogP contribution in [0.25, 0.3) is 64.8 Å². The molecule has 3 heterocycles. The van der Waals surface area contributed by atoms with Gasteiger partial charge in [0.2, 0.25) is 0 Å². The highest BCUT2D eigenvalue weighted by Gasteiger charge is 2.14. The second-order valence-corrected chi connectivity index (χ2v) is 9.20. The van der Waals surface area contributed by atoms with Crippen molar-refractivity contribution in [2.45, 2.75) is 0 Å². The van der Waals surface area contributed by atoms with Crippen LogP contribution in [0, 0.1) is 0 Å². The van der Waals surface area contributed by atoms with Crippen molar-refractivity contribution in [1.29, 1.82) is 0 Å². The number of nitrogens with zero attached hydrogens (tertiary/aromatic N) is 3. The SMILES string of the molecule is c1ccc2nc(-c3nc(-c4ccc5c(c4)sc4ccccc45)c4ccccc4n3)ccc2c1. The summed E-state index contributed by atoms with van der Waals surface area (Å²) in [4.78, 5) is 14.7. The summed E-state index contributed by atoms with van der Waals surface area (Å²) in [6, 6.07) is 35.6. The van der Waals surface area contributed by atoms with Gasteiger partial charge in [-0.3, -0.25) is 0 Å². The molecule has 0 N–H and O–H groups in total. The van der Waals surface area contributed by atoms with Gasteiger partial charge < -0.3 is 0 Å². The predicted octanol–water partition coefficient (Wildman–Crippen LogP) is 7.88. The van der Waals surface area contributed by atoms with Crippen LogP contribution in [0.2, 0.25) is 0 Å². The Morgan fingerprint density at radius 1 is 0.515 bits per heavy atom. The fourth-order valence-corrected chi connectivity index (χ4v) is 5.62. The number of benzene rings is 4. The highest BCUT2D eigenvalue weighted by Crippen LogP contribution is 2.37. The summed E-state index contributed by atoms with van der Waals surface area (Å²) < 4.78 is 2.57. The summed E-state index contributed by atoms with van der Waals surface area (Å²) in [5, 5.41) is 4.74. The average molecular weight is 440 g/mol. The van der Waals surface area contributed by atoms with Gasteiger partial charge in [0.15, 0.2) is 5.82 Å². The normalized spacial score (nSPS) is 11.6. The van der Waals surface area contributed by atoms with Gasteiger partial charge in [-0.25, -0.2) is 15.0 Å². The molecule has 3 aromatic heterocycles. The third-order valence-corrected chi connectivity index (χ3v) is 7.22. The summed E-state index contributed by atoms with van der Waals surface area (Å²) in [7, 11) is 0. The molecule has 0 saturated heterocycles. The molecule has 0 bridgehead atoms. The molecule has 4 aromatic carbocycles. The zero-order chi connectivity index (χ0) is 21.8. The standard InChI is InChI=1S/C29H17N3S/c1-4-10-23-18(7-1)14-16-25(30-23)29-31-24-11-5-2-9-22(24)28(32-29)19-13-15-21-20-8-3-6-12-26(20)33-27(21)17-19/h1-17H. The molecule has 7 aromatic rings. The Balaban J connectivity index is 1.47. The van der Waals surface area contributed by atoms with Crippen LogP contribution in [0.4, 0.5) is 0 Å². The van der Waals surface area contributed by atoms with Gasteiger partial charge in [0.25, 0.3) is 0 Å². The number of fused-ring (bicyclic) bond motifs is 5.